The van der Waals surface area contributed by atoms with Gasteiger partial charge in [0.2, 0.25) is 0 Å². The molecule has 0 heterocycles. The molecule has 1 unspecified atom stereocenters. The highest BCUT2D eigenvalue weighted by atomic mass is 19.1. The molecule has 1 aromatic carbocycles. The van der Waals surface area contributed by atoms with Crippen LogP contribution in [0, 0.1) is 5.82 Å². The average Bonchev–Trinajstić information content (AvgIpc) is 2.40. The highest BCUT2D eigenvalue weighted by Crippen LogP contribution is 2.13. The number of nitrogens with zero attached hydrogens (tertiary/aromatic N) is 1. The molecule has 116 valence electrons. The van der Waals surface area contributed by atoms with Gasteiger partial charge in [-0.25, -0.2) is 14.0 Å². The van der Waals surface area contributed by atoms with E-state index in [0.29, 0.717) is 6.42 Å². The number of urea groups is 1. The molecule has 0 aliphatic heterocycles. The van der Waals surface area contributed by atoms with E-state index in [1.807, 2.05) is 6.92 Å². The summed E-state index contributed by atoms with van der Waals surface area (Å²) in [5, 5.41) is 11.8. The molecular weight excluding hydrogens is 275 g/mol. The summed E-state index contributed by atoms with van der Waals surface area (Å²) in [6.45, 7) is 4.72. The van der Waals surface area contributed by atoms with Gasteiger partial charge in [-0.05, 0) is 44.9 Å². The maximum atomic E-state index is 12.8. The number of carboxylic acids is 1. The molecule has 5 nitrogen and oxygen atoms in total. The fourth-order valence-corrected chi connectivity index (χ4v) is 1.73. The monoisotopic (exact) mass is 296 g/mol. The number of carbonyl (C=O) groups is 2. The van der Waals surface area contributed by atoms with Gasteiger partial charge in [-0.15, -0.1) is 0 Å². The summed E-state index contributed by atoms with van der Waals surface area (Å²) in [7, 11) is 1.44. The lowest BCUT2D eigenvalue weighted by Gasteiger charge is -2.32. The third kappa shape index (κ3) is 4.44. The van der Waals surface area contributed by atoms with Gasteiger partial charge < -0.3 is 15.3 Å². The second-order valence-electron chi connectivity index (χ2n) is 5.60. The number of hydrogen-bond acceptors (Lipinski definition) is 2. The van der Waals surface area contributed by atoms with Gasteiger partial charge in [0, 0.05) is 13.1 Å². The molecule has 21 heavy (non-hydrogen) atoms. The second kappa shape index (κ2) is 6.56. The third-order valence-electron chi connectivity index (χ3n) is 3.49. The van der Waals surface area contributed by atoms with Gasteiger partial charge in [-0.3, -0.25) is 0 Å². The van der Waals surface area contributed by atoms with E-state index in [0.717, 1.165) is 10.5 Å². The van der Waals surface area contributed by atoms with Crippen LogP contribution in [0.3, 0.4) is 0 Å². The summed E-state index contributed by atoms with van der Waals surface area (Å²) < 4.78 is 12.8. The summed E-state index contributed by atoms with van der Waals surface area (Å²) in [6, 6.07) is 5.38. The molecule has 1 atom stereocenters. The first-order chi connectivity index (χ1) is 9.64. The molecule has 0 aromatic heterocycles. The highest BCUT2D eigenvalue weighted by Gasteiger charge is 2.35. The predicted molar refractivity (Wildman–Crippen MR) is 77.6 cm³/mol. The van der Waals surface area contributed by atoms with Gasteiger partial charge in [0.05, 0.1) is 0 Å². The number of benzene rings is 1. The van der Waals surface area contributed by atoms with Gasteiger partial charge >= 0.3 is 12.0 Å². The maximum Gasteiger partial charge on any atom is 0.329 e. The van der Waals surface area contributed by atoms with Crippen molar-refractivity contribution in [1.29, 1.82) is 0 Å². The minimum absolute atomic E-state index is 0.199. The van der Waals surface area contributed by atoms with E-state index in [1.54, 1.807) is 12.1 Å². The van der Waals surface area contributed by atoms with Crippen LogP contribution in [0.15, 0.2) is 24.3 Å². The average molecular weight is 296 g/mol. The van der Waals surface area contributed by atoms with Crippen LogP contribution in [0.2, 0.25) is 0 Å². The fourth-order valence-electron chi connectivity index (χ4n) is 1.73. The van der Waals surface area contributed by atoms with E-state index in [-0.39, 0.29) is 11.9 Å². The van der Waals surface area contributed by atoms with Crippen molar-refractivity contribution in [2.24, 2.45) is 0 Å². The fraction of sp³-hybridized carbons (Fsp3) is 0.467. The van der Waals surface area contributed by atoms with E-state index < -0.39 is 17.5 Å². The molecule has 0 spiro atoms. The Morgan fingerprint density at radius 1 is 1.33 bits per heavy atom. The van der Waals surface area contributed by atoms with Gasteiger partial charge in [0.1, 0.15) is 11.4 Å². The van der Waals surface area contributed by atoms with Crippen molar-refractivity contribution in [2.75, 3.05) is 7.05 Å². The quantitative estimate of drug-likeness (QED) is 0.875. The number of carbonyl (C=O) groups excluding carboxylic acids is 1. The highest BCUT2D eigenvalue weighted by molar-refractivity contribution is 5.85. The Hall–Kier alpha value is -2.11. The molecule has 2 N–H and O–H groups in total. The molecule has 0 radical (unpaired) electrons. The van der Waals surface area contributed by atoms with E-state index in [1.165, 1.54) is 33.0 Å². The van der Waals surface area contributed by atoms with Crippen LogP contribution in [0.4, 0.5) is 9.18 Å². The number of nitrogens with one attached hydrogen (secondary N) is 1. The largest absolute Gasteiger partial charge is 0.480 e. The Morgan fingerprint density at radius 2 is 1.86 bits per heavy atom. The summed E-state index contributed by atoms with van der Waals surface area (Å²) in [5.74, 6) is -1.38. The van der Waals surface area contributed by atoms with Crippen LogP contribution < -0.4 is 5.32 Å². The van der Waals surface area contributed by atoms with Gasteiger partial charge in [-0.2, -0.15) is 0 Å². The molecule has 0 fully saturated rings. The topological polar surface area (TPSA) is 69.6 Å². The first-order valence-corrected chi connectivity index (χ1v) is 6.66. The van der Waals surface area contributed by atoms with Crippen molar-refractivity contribution < 1.29 is 19.1 Å². The van der Waals surface area contributed by atoms with Crippen LogP contribution >= 0.6 is 0 Å². The number of rotatable bonds is 5. The van der Waals surface area contributed by atoms with Crippen LogP contribution in [-0.2, 0) is 11.2 Å². The summed E-state index contributed by atoms with van der Waals surface area (Å²) in [5.41, 5.74) is -0.399. The standard InChI is InChI=1S/C15H21FN2O3/c1-10(9-11-5-7-12(16)8-6-11)17-14(21)18(4)15(2,3)13(19)20/h5-8,10H,9H2,1-4H3,(H,17,21)(H,19,20). The van der Waals surface area contributed by atoms with Crippen LogP contribution in [-0.4, -0.2) is 40.6 Å². The van der Waals surface area contributed by atoms with Crippen molar-refractivity contribution in [3.8, 4) is 0 Å². The molecule has 6 heteroatoms. The normalized spacial score (nSPS) is 12.6. The Balaban J connectivity index is 2.62. The van der Waals surface area contributed by atoms with Gasteiger partial charge in [0.25, 0.3) is 0 Å². The van der Waals surface area contributed by atoms with E-state index in [9.17, 15) is 14.0 Å². The van der Waals surface area contributed by atoms with Gasteiger partial charge in [0.15, 0.2) is 0 Å². The van der Waals surface area contributed by atoms with Crippen molar-refractivity contribution in [2.45, 2.75) is 38.8 Å². The first kappa shape index (κ1) is 16.9. The molecule has 1 aromatic rings. The summed E-state index contributed by atoms with van der Waals surface area (Å²) in [4.78, 5) is 24.3. The van der Waals surface area contributed by atoms with Crippen LogP contribution in [0.25, 0.3) is 0 Å². The number of likely N-dealkylation sites (N-methyl/N-ethyl adjacent to an activating group) is 1. The lowest BCUT2D eigenvalue weighted by atomic mass is 10.0. The third-order valence-corrected chi connectivity index (χ3v) is 3.49. The Labute approximate surface area is 123 Å². The van der Waals surface area contributed by atoms with Crippen molar-refractivity contribution in [3.05, 3.63) is 35.6 Å². The minimum Gasteiger partial charge on any atom is -0.480 e. The smallest absolute Gasteiger partial charge is 0.329 e. The lowest BCUT2D eigenvalue weighted by Crippen LogP contribution is -2.55. The van der Waals surface area contributed by atoms with Crippen LogP contribution in [0.1, 0.15) is 26.3 Å². The number of carboxylic acid groups (broad SMARTS) is 1. The summed E-state index contributed by atoms with van der Waals surface area (Å²) >= 11 is 0. The molecule has 2 amide bonds. The molecule has 0 saturated carbocycles. The molecule has 0 aliphatic rings. The van der Waals surface area contributed by atoms with E-state index in [2.05, 4.69) is 5.32 Å². The lowest BCUT2D eigenvalue weighted by molar-refractivity contribution is -0.146. The van der Waals surface area contributed by atoms with Crippen molar-refractivity contribution in [1.82, 2.24) is 10.2 Å². The molecular formula is C15H21FN2O3. The number of aliphatic carboxylic acids is 1. The molecule has 1 rings (SSSR count). The van der Waals surface area contributed by atoms with Crippen LogP contribution in [0.5, 0.6) is 0 Å². The first-order valence-electron chi connectivity index (χ1n) is 6.66. The molecule has 0 bridgehead atoms. The zero-order valence-electron chi connectivity index (χ0n) is 12.7. The Morgan fingerprint density at radius 3 is 2.33 bits per heavy atom. The Bertz CT molecular complexity index is 514. The van der Waals surface area contributed by atoms with E-state index >= 15 is 0 Å². The number of amides is 2. The zero-order chi connectivity index (χ0) is 16.2. The SMILES string of the molecule is CC(Cc1ccc(F)cc1)NC(=O)N(C)C(C)(C)C(=O)O. The minimum atomic E-state index is -1.29. The number of hydrogen-bond donors (Lipinski definition) is 2. The maximum absolute atomic E-state index is 12.8. The van der Waals surface area contributed by atoms with Gasteiger partial charge in [-0.1, -0.05) is 12.1 Å². The number of halogens is 1. The van der Waals surface area contributed by atoms with E-state index in [4.69, 9.17) is 5.11 Å². The second-order valence-corrected chi connectivity index (χ2v) is 5.60. The zero-order valence-corrected chi connectivity index (χ0v) is 12.7. The van der Waals surface area contributed by atoms with Crippen molar-refractivity contribution >= 4 is 12.0 Å². The predicted octanol–water partition coefficient (Wildman–Crippen LogP) is 2.26. The molecule has 0 saturated heterocycles. The van der Waals surface area contributed by atoms with Crippen molar-refractivity contribution in [3.63, 3.8) is 0 Å². The Kier molecular flexibility index (Phi) is 5.29. The summed E-state index contributed by atoms with van der Waals surface area (Å²) in [6.07, 6.45) is 0.535. The molecule has 0 aliphatic carbocycles.